The van der Waals surface area contributed by atoms with Gasteiger partial charge in [0, 0.05) is 0 Å². The predicted octanol–water partition coefficient (Wildman–Crippen LogP) is 3.41. The van der Waals surface area contributed by atoms with Crippen molar-refractivity contribution >= 4 is 5.70 Å². The van der Waals surface area contributed by atoms with E-state index in [1.807, 2.05) is 19.1 Å². The van der Waals surface area contributed by atoms with E-state index in [1.165, 1.54) is 5.56 Å². The monoisotopic (exact) mass is 214 g/mol. The molecule has 0 saturated carbocycles. The van der Waals surface area contributed by atoms with Gasteiger partial charge in [0.05, 0.1) is 17.3 Å². The molecule has 0 unspecified atom stereocenters. The van der Waals surface area contributed by atoms with E-state index >= 15 is 0 Å². The average molecular weight is 214 g/mol. The molecule has 2 nitrogen and oxygen atoms in total. The number of nitriles is 1. The Balaban J connectivity index is 3.08. The van der Waals surface area contributed by atoms with Crippen LogP contribution in [0.2, 0.25) is 0 Å². The van der Waals surface area contributed by atoms with Gasteiger partial charge in [-0.05, 0) is 23.5 Å². The molecule has 0 radical (unpaired) electrons. The van der Waals surface area contributed by atoms with Gasteiger partial charge in [-0.1, -0.05) is 45.0 Å². The van der Waals surface area contributed by atoms with Crippen molar-refractivity contribution in [2.45, 2.75) is 33.1 Å². The fraction of sp³-hybridized carbons (Fsp3) is 0.357. The molecule has 0 heterocycles. The summed E-state index contributed by atoms with van der Waals surface area (Å²) >= 11 is 0. The molecule has 1 aromatic carbocycles. The van der Waals surface area contributed by atoms with Crippen LogP contribution in [-0.2, 0) is 0 Å². The van der Waals surface area contributed by atoms with Crippen LogP contribution in [-0.4, -0.2) is 0 Å². The maximum Gasteiger partial charge on any atom is 0.0968 e. The molecular weight excluding hydrogens is 196 g/mol. The lowest BCUT2D eigenvalue weighted by atomic mass is 9.99. The largest absolute Gasteiger partial charge is 0.397 e. The quantitative estimate of drug-likeness (QED) is 0.784. The summed E-state index contributed by atoms with van der Waals surface area (Å²) in [6, 6.07) is 10.2. The van der Waals surface area contributed by atoms with E-state index < -0.39 is 0 Å². The van der Waals surface area contributed by atoms with E-state index in [4.69, 9.17) is 11.0 Å². The zero-order valence-electron chi connectivity index (χ0n) is 10.1. The molecule has 1 aromatic rings. The molecule has 0 aliphatic heterocycles. The molecule has 0 bridgehead atoms. The maximum absolute atomic E-state index is 8.91. The molecule has 0 fully saturated rings. The van der Waals surface area contributed by atoms with Crippen LogP contribution < -0.4 is 5.73 Å². The third kappa shape index (κ3) is 2.64. The van der Waals surface area contributed by atoms with Crippen LogP contribution in [0.25, 0.3) is 5.70 Å². The number of allylic oxidation sites excluding steroid dienone is 1. The van der Waals surface area contributed by atoms with Crippen molar-refractivity contribution in [1.29, 1.82) is 5.26 Å². The van der Waals surface area contributed by atoms with Crippen molar-refractivity contribution in [1.82, 2.24) is 0 Å². The lowest BCUT2D eigenvalue weighted by Gasteiger charge is -2.08. The van der Waals surface area contributed by atoms with Gasteiger partial charge in [0.25, 0.3) is 0 Å². The summed E-state index contributed by atoms with van der Waals surface area (Å²) < 4.78 is 0. The fourth-order valence-electron chi connectivity index (χ4n) is 1.55. The number of hydrogen-bond acceptors (Lipinski definition) is 2. The first kappa shape index (κ1) is 12.3. The van der Waals surface area contributed by atoms with Crippen LogP contribution >= 0.6 is 0 Å². The minimum absolute atomic E-state index is 0.515. The first-order valence-electron chi connectivity index (χ1n) is 5.59. The molecule has 2 N–H and O–H groups in total. The van der Waals surface area contributed by atoms with Gasteiger partial charge in [-0.15, -0.1) is 0 Å². The molecule has 0 atom stereocenters. The first-order valence-corrected chi connectivity index (χ1v) is 5.59. The Morgan fingerprint density at radius 1 is 1.31 bits per heavy atom. The Hall–Kier alpha value is -1.75. The maximum atomic E-state index is 8.91. The highest BCUT2D eigenvalue weighted by atomic mass is 14.6. The highest BCUT2D eigenvalue weighted by Crippen LogP contribution is 2.19. The van der Waals surface area contributed by atoms with Crippen molar-refractivity contribution in [2.24, 2.45) is 5.73 Å². The van der Waals surface area contributed by atoms with Crippen molar-refractivity contribution in [2.75, 3.05) is 0 Å². The zero-order chi connectivity index (χ0) is 12.1. The fourth-order valence-corrected chi connectivity index (χ4v) is 1.55. The lowest BCUT2D eigenvalue weighted by Crippen LogP contribution is -2.01. The number of rotatable bonds is 3. The minimum Gasteiger partial charge on any atom is -0.397 e. The molecule has 0 spiro atoms. The number of nitrogens with two attached hydrogens (primary N) is 1. The summed E-state index contributed by atoms with van der Waals surface area (Å²) in [6.45, 7) is 6.25. The second-order valence-corrected chi connectivity index (χ2v) is 4.13. The average Bonchev–Trinajstić information content (AvgIpc) is 2.30. The molecule has 0 aliphatic carbocycles. The third-order valence-corrected chi connectivity index (χ3v) is 2.70. The SMILES string of the molecule is CC/C(C#N)=C(/N)c1ccc(C(C)C)cc1. The van der Waals surface area contributed by atoms with Gasteiger partial charge >= 0.3 is 0 Å². The Morgan fingerprint density at radius 3 is 2.25 bits per heavy atom. The van der Waals surface area contributed by atoms with E-state index in [0.717, 1.165) is 5.56 Å². The van der Waals surface area contributed by atoms with Crippen molar-refractivity contribution in [3.05, 3.63) is 41.0 Å². The zero-order valence-corrected chi connectivity index (χ0v) is 10.1. The van der Waals surface area contributed by atoms with Gasteiger partial charge in [-0.3, -0.25) is 0 Å². The van der Waals surface area contributed by atoms with E-state index in [1.54, 1.807) is 0 Å². The van der Waals surface area contributed by atoms with Gasteiger partial charge in [0.15, 0.2) is 0 Å². The third-order valence-electron chi connectivity index (χ3n) is 2.70. The normalized spacial score (nSPS) is 12.2. The van der Waals surface area contributed by atoms with Crippen molar-refractivity contribution < 1.29 is 0 Å². The van der Waals surface area contributed by atoms with E-state index in [2.05, 4.69) is 32.0 Å². The summed E-state index contributed by atoms with van der Waals surface area (Å²) in [5.74, 6) is 0.515. The van der Waals surface area contributed by atoms with Crippen LogP contribution in [0.3, 0.4) is 0 Å². The van der Waals surface area contributed by atoms with Gasteiger partial charge in [0.2, 0.25) is 0 Å². The highest BCUT2D eigenvalue weighted by molar-refractivity contribution is 5.69. The summed E-state index contributed by atoms with van der Waals surface area (Å²) in [4.78, 5) is 0. The van der Waals surface area contributed by atoms with Crippen LogP contribution in [0.5, 0.6) is 0 Å². The molecule has 0 aromatic heterocycles. The second kappa shape index (κ2) is 5.37. The predicted molar refractivity (Wildman–Crippen MR) is 67.5 cm³/mol. The van der Waals surface area contributed by atoms with Crippen LogP contribution in [0.4, 0.5) is 0 Å². The first-order chi connectivity index (χ1) is 7.60. The molecule has 0 saturated heterocycles. The summed E-state index contributed by atoms with van der Waals surface area (Å²) in [5, 5.41) is 8.91. The van der Waals surface area contributed by atoms with Crippen LogP contribution in [0.1, 0.15) is 44.2 Å². The molecule has 1 rings (SSSR count). The number of benzene rings is 1. The molecule has 2 heteroatoms. The highest BCUT2D eigenvalue weighted by Gasteiger charge is 2.04. The topological polar surface area (TPSA) is 49.8 Å². The molecular formula is C14H18N2. The molecule has 16 heavy (non-hydrogen) atoms. The summed E-state index contributed by atoms with van der Waals surface area (Å²) in [5.41, 5.74) is 9.41. The Bertz CT molecular complexity index is 419. The molecule has 0 amide bonds. The Morgan fingerprint density at radius 2 is 1.88 bits per heavy atom. The summed E-state index contributed by atoms with van der Waals surface area (Å²) in [7, 11) is 0. The van der Waals surface area contributed by atoms with Gasteiger partial charge in [-0.2, -0.15) is 5.26 Å². The molecule has 84 valence electrons. The minimum atomic E-state index is 0.515. The van der Waals surface area contributed by atoms with Gasteiger partial charge < -0.3 is 5.73 Å². The van der Waals surface area contributed by atoms with Gasteiger partial charge in [-0.25, -0.2) is 0 Å². The summed E-state index contributed by atoms with van der Waals surface area (Å²) in [6.07, 6.45) is 0.675. The van der Waals surface area contributed by atoms with Crippen molar-refractivity contribution in [3.63, 3.8) is 0 Å². The van der Waals surface area contributed by atoms with Crippen LogP contribution in [0, 0.1) is 11.3 Å². The number of hydrogen-bond donors (Lipinski definition) is 1. The van der Waals surface area contributed by atoms with E-state index in [-0.39, 0.29) is 0 Å². The van der Waals surface area contributed by atoms with Crippen LogP contribution in [0.15, 0.2) is 29.8 Å². The van der Waals surface area contributed by atoms with Crippen molar-refractivity contribution in [3.8, 4) is 6.07 Å². The van der Waals surface area contributed by atoms with E-state index in [0.29, 0.717) is 23.6 Å². The Labute approximate surface area is 97.4 Å². The van der Waals surface area contributed by atoms with Gasteiger partial charge in [0.1, 0.15) is 0 Å². The lowest BCUT2D eigenvalue weighted by molar-refractivity contribution is 0.866. The standard InChI is InChI=1S/C14H18N2/c1-4-11(9-15)14(16)13-7-5-12(6-8-13)10(2)3/h5-8,10H,4,16H2,1-3H3/b14-11-. The smallest absolute Gasteiger partial charge is 0.0968 e. The molecule has 0 aliphatic rings. The number of nitrogens with zero attached hydrogens (tertiary/aromatic N) is 1. The van der Waals surface area contributed by atoms with E-state index in [9.17, 15) is 0 Å². The Kier molecular flexibility index (Phi) is 4.13. The second-order valence-electron chi connectivity index (χ2n) is 4.13.